The molecule has 0 fully saturated rings. The summed E-state index contributed by atoms with van der Waals surface area (Å²) in [4.78, 5) is 25.8. The van der Waals surface area contributed by atoms with E-state index in [1.54, 1.807) is 18.3 Å². The quantitative estimate of drug-likeness (QED) is 0.727. The Morgan fingerprint density at radius 3 is 2.82 bits per heavy atom. The first kappa shape index (κ1) is 13.6. The van der Waals surface area contributed by atoms with Gasteiger partial charge in [-0.05, 0) is 28.1 Å². The average molecular weight is 302 g/mol. The fourth-order valence-electron chi connectivity index (χ4n) is 1.01. The van der Waals surface area contributed by atoms with Gasteiger partial charge < -0.3 is 15.8 Å². The summed E-state index contributed by atoms with van der Waals surface area (Å²) in [6.45, 7) is 0.376. The first-order valence-corrected chi connectivity index (χ1v) is 5.64. The normalized spacial score (nSPS) is 9.94. The monoisotopic (exact) mass is 301 g/mol. The SMILES string of the molecule is NC(=O)COCCNC(=O)c1ccc(Br)cn1. The van der Waals surface area contributed by atoms with Crippen molar-refractivity contribution in [2.45, 2.75) is 0 Å². The Labute approximate surface area is 107 Å². The molecule has 1 rings (SSSR count). The Kier molecular flexibility index (Phi) is 5.58. The van der Waals surface area contributed by atoms with E-state index in [0.29, 0.717) is 12.2 Å². The number of pyridine rings is 1. The lowest BCUT2D eigenvalue weighted by Crippen LogP contribution is -2.29. The number of nitrogens with two attached hydrogens (primary N) is 1. The maximum absolute atomic E-state index is 11.5. The van der Waals surface area contributed by atoms with Gasteiger partial charge in [0.1, 0.15) is 12.3 Å². The number of primary amides is 1. The number of hydrogen-bond acceptors (Lipinski definition) is 4. The van der Waals surface area contributed by atoms with Gasteiger partial charge in [-0.2, -0.15) is 0 Å². The van der Waals surface area contributed by atoms with Gasteiger partial charge in [-0.3, -0.25) is 9.59 Å². The number of nitrogens with one attached hydrogen (secondary N) is 1. The highest BCUT2D eigenvalue weighted by molar-refractivity contribution is 9.10. The molecule has 0 saturated carbocycles. The lowest BCUT2D eigenvalue weighted by Gasteiger charge is -2.04. The molecule has 2 amide bonds. The Hall–Kier alpha value is -1.47. The minimum absolute atomic E-state index is 0.146. The number of rotatable bonds is 6. The molecular weight excluding hydrogens is 290 g/mol. The second kappa shape index (κ2) is 6.97. The van der Waals surface area contributed by atoms with Gasteiger partial charge in [0, 0.05) is 17.2 Å². The third kappa shape index (κ3) is 5.41. The van der Waals surface area contributed by atoms with Crippen molar-refractivity contribution in [2.24, 2.45) is 5.73 Å². The maximum atomic E-state index is 11.5. The molecule has 0 unspecified atom stereocenters. The Morgan fingerprint density at radius 2 is 2.24 bits per heavy atom. The number of carbonyl (C=O) groups excluding carboxylic acids is 2. The van der Waals surface area contributed by atoms with Crippen molar-refractivity contribution in [1.29, 1.82) is 0 Å². The fraction of sp³-hybridized carbons (Fsp3) is 0.300. The Balaban J connectivity index is 2.25. The molecule has 0 aliphatic carbocycles. The number of carbonyl (C=O) groups is 2. The smallest absolute Gasteiger partial charge is 0.269 e. The summed E-state index contributed by atoms with van der Waals surface area (Å²) in [5.41, 5.74) is 5.20. The molecule has 0 radical (unpaired) electrons. The van der Waals surface area contributed by atoms with Crippen LogP contribution in [0.25, 0.3) is 0 Å². The van der Waals surface area contributed by atoms with Gasteiger partial charge in [-0.1, -0.05) is 0 Å². The predicted octanol–water partition coefficient (Wildman–Crippen LogP) is 0.0758. The van der Waals surface area contributed by atoms with Crippen LogP contribution in [0.4, 0.5) is 0 Å². The molecule has 0 saturated heterocycles. The van der Waals surface area contributed by atoms with E-state index >= 15 is 0 Å². The Bertz CT molecular complexity index is 394. The van der Waals surface area contributed by atoms with Crippen LogP contribution in [0.2, 0.25) is 0 Å². The highest BCUT2D eigenvalue weighted by atomic mass is 79.9. The zero-order valence-corrected chi connectivity index (χ0v) is 10.6. The second-order valence-corrected chi connectivity index (χ2v) is 4.05. The van der Waals surface area contributed by atoms with Crippen LogP contribution in [-0.4, -0.2) is 36.6 Å². The van der Waals surface area contributed by atoms with Crippen LogP contribution in [0.15, 0.2) is 22.8 Å². The molecule has 0 atom stereocenters. The largest absolute Gasteiger partial charge is 0.370 e. The van der Waals surface area contributed by atoms with Crippen LogP contribution in [0, 0.1) is 0 Å². The summed E-state index contributed by atoms with van der Waals surface area (Å²) in [5.74, 6) is -0.828. The zero-order valence-electron chi connectivity index (χ0n) is 8.98. The molecule has 6 nitrogen and oxygen atoms in total. The predicted molar refractivity (Wildman–Crippen MR) is 64.3 cm³/mol. The highest BCUT2D eigenvalue weighted by Crippen LogP contribution is 2.06. The molecule has 1 aromatic heterocycles. The van der Waals surface area contributed by atoms with E-state index in [0.717, 1.165) is 4.47 Å². The first-order valence-electron chi connectivity index (χ1n) is 4.85. The molecule has 0 aromatic carbocycles. The molecule has 1 aromatic rings. The van der Waals surface area contributed by atoms with E-state index in [4.69, 9.17) is 10.5 Å². The minimum Gasteiger partial charge on any atom is -0.370 e. The van der Waals surface area contributed by atoms with Gasteiger partial charge in [0.15, 0.2) is 0 Å². The lowest BCUT2D eigenvalue weighted by atomic mass is 10.3. The van der Waals surface area contributed by atoms with E-state index < -0.39 is 5.91 Å². The minimum atomic E-state index is -0.536. The zero-order chi connectivity index (χ0) is 12.7. The topological polar surface area (TPSA) is 94.3 Å². The highest BCUT2D eigenvalue weighted by Gasteiger charge is 2.05. The van der Waals surface area contributed by atoms with Crippen LogP contribution in [-0.2, 0) is 9.53 Å². The van der Waals surface area contributed by atoms with Crippen molar-refractivity contribution in [3.63, 3.8) is 0 Å². The molecular formula is C10H12BrN3O3. The van der Waals surface area contributed by atoms with E-state index in [1.165, 1.54) is 0 Å². The second-order valence-electron chi connectivity index (χ2n) is 3.14. The van der Waals surface area contributed by atoms with Crippen molar-refractivity contribution in [3.05, 3.63) is 28.5 Å². The van der Waals surface area contributed by atoms with Gasteiger partial charge in [0.05, 0.1) is 6.61 Å². The number of aromatic nitrogens is 1. The summed E-state index contributed by atoms with van der Waals surface area (Å²) in [6, 6.07) is 3.33. The van der Waals surface area contributed by atoms with Crippen molar-refractivity contribution in [3.8, 4) is 0 Å². The van der Waals surface area contributed by atoms with Crippen LogP contribution in [0.5, 0.6) is 0 Å². The third-order valence-electron chi connectivity index (χ3n) is 1.74. The van der Waals surface area contributed by atoms with Crippen LogP contribution < -0.4 is 11.1 Å². The van der Waals surface area contributed by atoms with Gasteiger partial charge in [-0.15, -0.1) is 0 Å². The number of ether oxygens (including phenoxy) is 1. The molecule has 0 spiro atoms. The molecule has 92 valence electrons. The van der Waals surface area contributed by atoms with Crippen LogP contribution in [0.3, 0.4) is 0 Å². The average Bonchev–Trinajstić information content (AvgIpc) is 2.29. The number of hydrogen-bond donors (Lipinski definition) is 2. The number of halogens is 1. The fourth-order valence-corrected chi connectivity index (χ4v) is 1.24. The van der Waals surface area contributed by atoms with Gasteiger partial charge in [-0.25, -0.2) is 4.98 Å². The first-order chi connectivity index (χ1) is 8.09. The van der Waals surface area contributed by atoms with Crippen molar-refractivity contribution in [1.82, 2.24) is 10.3 Å². The molecule has 0 aliphatic heterocycles. The summed E-state index contributed by atoms with van der Waals surface area (Å²) >= 11 is 3.22. The lowest BCUT2D eigenvalue weighted by molar-refractivity contribution is -0.122. The Morgan fingerprint density at radius 1 is 1.47 bits per heavy atom. The van der Waals surface area contributed by atoms with Crippen LogP contribution in [0.1, 0.15) is 10.5 Å². The van der Waals surface area contributed by atoms with E-state index in [1.807, 2.05) is 0 Å². The number of nitrogens with zero attached hydrogens (tertiary/aromatic N) is 1. The summed E-state index contributed by atoms with van der Waals surface area (Å²) in [7, 11) is 0. The van der Waals surface area contributed by atoms with Gasteiger partial charge >= 0.3 is 0 Å². The molecule has 3 N–H and O–H groups in total. The molecule has 7 heteroatoms. The summed E-state index contributed by atoms with van der Waals surface area (Å²) < 4.78 is 5.69. The van der Waals surface area contributed by atoms with Crippen molar-refractivity contribution >= 4 is 27.7 Å². The standard InChI is InChI=1S/C10H12BrN3O3/c11-7-1-2-8(14-5-7)10(16)13-3-4-17-6-9(12)15/h1-2,5H,3-4,6H2,(H2,12,15)(H,13,16). The van der Waals surface area contributed by atoms with E-state index in [-0.39, 0.29) is 19.1 Å². The van der Waals surface area contributed by atoms with Crippen molar-refractivity contribution in [2.75, 3.05) is 19.8 Å². The molecule has 0 bridgehead atoms. The molecule has 1 heterocycles. The molecule has 17 heavy (non-hydrogen) atoms. The number of amides is 2. The van der Waals surface area contributed by atoms with E-state index in [9.17, 15) is 9.59 Å². The maximum Gasteiger partial charge on any atom is 0.269 e. The summed E-state index contributed by atoms with van der Waals surface area (Å²) in [6.07, 6.45) is 1.54. The third-order valence-corrected chi connectivity index (χ3v) is 2.21. The van der Waals surface area contributed by atoms with E-state index in [2.05, 4.69) is 26.2 Å². The van der Waals surface area contributed by atoms with Crippen LogP contribution >= 0.6 is 15.9 Å². The van der Waals surface area contributed by atoms with Crippen molar-refractivity contribution < 1.29 is 14.3 Å². The molecule has 0 aliphatic rings. The summed E-state index contributed by atoms with van der Waals surface area (Å²) in [5, 5.41) is 2.60. The van der Waals surface area contributed by atoms with Gasteiger partial charge in [0.25, 0.3) is 5.91 Å². The van der Waals surface area contributed by atoms with Gasteiger partial charge in [0.2, 0.25) is 5.91 Å².